The normalized spacial score (nSPS) is 27.0. The van der Waals surface area contributed by atoms with Gasteiger partial charge in [-0.2, -0.15) is 0 Å². The van der Waals surface area contributed by atoms with Gasteiger partial charge >= 0.3 is 6.09 Å². The maximum absolute atomic E-state index is 12.8. The van der Waals surface area contributed by atoms with Gasteiger partial charge in [-0.1, -0.05) is 109 Å². The lowest BCUT2D eigenvalue weighted by Crippen LogP contribution is -2.70. The number of hydrogen-bond acceptors (Lipinski definition) is 7. The summed E-state index contributed by atoms with van der Waals surface area (Å²) in [5.74, 6) is -0.952. The first-order valence-electron chi connectivity index (χ1n) is 13.1. The molecule has 0 spiro atoms. The number of carbonyl (C=O) groups is 1. The van der Waals surface area contributed by atoms with Crippen molar-refractivity contribution in [3.8, 4) is 0 Å². The summed E-state index contributed by atoms with van der Waals surface area (Å²) in [6, 6.07) is 18.2. The van der Waals surface area contributed by atoms with Crippen molar-refractivity contribution in [2.24, 2.45) is 0 Å². The average Bonchev–Trinajstić information content (AvgIpc) is 2.90. The van der Waals surface area contributed by atoms with Crippen LogP contribution >= 0.6 is 34.8 Å². The average molecular weight is 633 g/mol. The molecule has 2 aliphatic heterocycles. The lowest BCUT2D eigenvalue weighted by Gasteiger charge is -2.52. The molecule has 0 radical (unpaired) electrons. The highest BCUT2D eigenvalue weighted by Crippen LogP contribution is 2.44. The summed E-state index contributed by atoms with van der Waals surface area (Å²) in [5, 5.41) is 15.1. The number of alkyl carbamates (subject to hydrolysis) is 1. The van der Waals surface area contributed by atoms with E-state index in [0.29, 0.717) is 0 Å². The number of aliphatic hydroxyl groups excluding tert-OH is 1. The van der Waals surface area contributed by atoms with Crippen molar-refractivity contribution < 1.29 is 33.6 Å². The van der Waals surface area contributed by atoms with Gasteiger partial charge in [0.25, 0.3) is 8.32 Å². The molecule has 2 aromatic rings. The van der Waals surface area contributed by atoms with Gasteiger partial charge in [-0.3, -0.25) is 0 Å². The fraction of sp³-hybridized carbons (Fsp3) is 0.536. The van der Waals surface area contributed by atoms with Gasteiger partial charge in [0.1, 0.15) is 24.9 Å². The maximum Gasteiger partial charge on any atom is 0.407 e. The lowest BCUT2D eigenvalue weighted by atomic mass is 9.87. The highest BCUT2D eigenvalue weighted by molar-refractivity contribution is 6.98. The van der Waals surface area contributed by atoms with Gasteiger partial charge in [0.05, 0.1) is 18.8 Å². The third-order valence-electron chi connectivity index (χ3n) is 7.56. The lowest BCUT2D eigenvalue weighted by molar-refractivity contribution is -0.348. The van der Waals surface area contributed by atoms with E-state index in [9.17, 15) is 14.7 Å². The van der Waals surface area contributed by atoms with E-state index in [2.05, 4.69) is 5.32 Å². The number of halogens is 3. The van der Waals surface area contributed by atoms with Crippen molar-refractivity contribution in [2.45, 2.75) is 79.2 Å². The van der Waals surface area contributed by atoms with Gasteiger partial charge in [0.15, 0.2) is 5.79 Å². The molecule has 2 aliphatic rings. The number of fused-ring (bicyclic) bond motifs is 1. The Labute approximate surface area is 250 Å². The predicted octanol–water partition coefficient (Wildman–Crippen LogP) is 3.65. The molecule has 2 aromatic carbocycles. The van der Waals surface area contributed by atoms with E-state index < -0.39 is 66.1 Å². The number of amides is 1. The SMILES string of the molecule is CC1(C)OCC2OC(CC(C)(C)[Si](O)(c3ccccc3)c3ccccc3)C(NC(=O)OCC(Cl)(Cl)Cl)C(O)C2O1. The molecule has 2 saturated heterocycles. The predicted molar refractivity (Wildman–Crippen MR) is 157 cm³/mol. The standard InChI is InChI=1S/C28H36Cl3NO7Si/c1-26(2,40(35,18-11-7-5-8-12-18)19-13-9-6-10-14-19)15-20-22(32-25(34)36-17-28(29,30)31)23(33)24-21(38-20)16-37-27(3,4)39-24/h5-14,20-24,33,35H,15-17H2,1-4H3,(H,32,34). The second-order valence-corrected chi connectivity index (χ2v) is 17.8. The number of hydrogen-bond donors (Lipinski definition) is 3. The van der Waals surface area contributed by atoms with Crippen LogP contribution in [0.4, 0.5) is 4.79 Å². The molecule has 40 heavy (non-hydrogen) atoms. The number of carbonyl (C=O) groups excluding carboxylic acids is 1. The highest BCUT2D eigenvalue weighted by atomic mass is 35.6. The summed E-state index contributed by atoms with van der Waals surface area (Å²) in [4.78, 5) is 25.4. The molecule has 0 aliphatic carbocycles. The van der Waals surface area contributed by atoms with Gasteiger partial charge < -0.3 is 34.2 Å². The molecule has 5 atom stereocenters. The second kappa shape index (κ2) is 12.1. The molecule has 5 unspecified atom stereocenters. The quantitative estimate of drug-likeness (QED) is 0.316. The zero-order chi connectivity index (χ0) is 29.3. The first-order chi connectivity index (χ1) is 18.6. The first kappa shape index (κ1) is 31.5. The number of alkyl halides is 3. The summed E-state index contributed by atoms with van der Waals surface area (Å²) in [6.07, 6.45) is -3.90. The summed E-state index contributed by atoms with van der Waals surface area (Å²) in [7, 11) is -3.43. The van der Waals surface area contributed by atoms with Gasteiger partial charge in [-0.25, -0.2) is 4.79 Å². The van der Waals surface area contributed by atoms with Crippen LogP contribution in [-0.2, 0) is 18.9 Å². The number of aliphatic hydroxyl groups is 1. The van der Waals surface area contributed by atoms with E-state index in [0.717, 1.165) is 10.4 Å². The third-order valence-corrected chi connectivity index (χ3v) is 12.4. The van der Waals surface area contributed by atoms with E-state index in [4.69, 9.17) is 53.8 Å². The second-order valence-electron chi connectivity index (χ2n) is 11.4. The molecule has 0 aromatic heterocycles. The molecule has 3 N–H and O–H groups in total. The largest absolute Gasteiger partial charge is 0.445 e. The molecule has 2 fully saturated rings. The van der Waals surface area contributed by atoms with Gasteiger partial charge in [-0.15, -0.1) is 0 Å². The third kappa shape index (κ3) is 6.96. The number of rotatable bonds is 7. The molecule has 4 rings (SSSR count). The van der Waals surface area contributed by atoms with Crippen LogP contribution in [0, 0.1) is 0 Å². The molecule has 2 heterocycles. The Kier molecular flexibility index (Phi) is 9.51. The van der Waals surface area contributed by atoms with Crippen LogP contribution in [0.15, 0.2) is 60.7 Å². The van der Waals surface area contributed by atoms with Crippen molar-refractivity contribution >= 4 is 59.6 Å². The zero-order valence-electron chi connectivity index (χ0n) is 22.9. The summed E-state index contributed by atoms with van der Waals surface area (Å²) >= 11 is 17.2. The fourth-order valence-electron chi connectivity index (χ4n) is 5.59. The van der Waals surface area contributed by atoms with Crippen LogP contribution in [0.2, 0.25) is 5.04 Å². The van der Waals surface area contributed by atoms with E-state index >= 15 is 0 Å². The van der Waals surface area contributed by atoms with E-state index in [1.807, 2.05) is 74.5 Å². The van der Waals surface area contributed by atoms with Crippen molar-refractivity contribution in [3.05, 3.63) is 60.7 Å². The van der Waals surface area contributed by atoms with Gasteiger partial charge in [-0.05, 0) is 35.7 Å². The zero-order valence-corrected chi connectivity index (χ0v) is 26.1. The molecule has 0 saturated carbocycles. The van der Waals surface area contributed by atoms with E-state index in [1.165, 1.54) is 0 Å². The van der Waals surface area contributed by atoms with Crippen LogP contribution in [0.5, 0.6) is 0 Å². The molecule has 8 nitrogen and oxygen atoms in total. The molecule has 0 bridgehead atoms. The number of nitrogens with one attached hydrogen (secondary N) is 1. The van der Waals surface area contributed by atoms with Crippen LogP contribution in [-0.4, -0.2) is 77.6 Å². The van der Waals surface area contributed by atoms with Crippen LogP contribution in [0.1, 0.15) is 34.1 Å². The summed E-state index contributed by atoms with van der Waals surface area (Å²) in [6.45, 7) is 7.16. The van der Waals surface area contributed by atoms with Crippen molar-refractivity contribution in [3.63, 3.8) is 0 Å². The smallest absolute Gasteiger partial charge is 0.407 e. The Hall–Kier alpha value is -1.40. The minimum Gasteiger partial charge on any atom is -0.445 e. The molecule has 12 heteroatoms. The van der Waals surface area contributed by atoms with Gasteiger partial charge in [0, 0.05) is 0 Å². The molecular weight excluding hydrogens is 597 g/mol. The summed E-state index contributed by atoms with van der Waals surface area (Å²) < 4.78 is 21.6. The first-order valence-corrected chi connectivity index (χ1v) is 16.2. The van der Waals surface area contributed by atoms with E-state index in [-0.39, 0.29) is 13.0 Å². The highest BCUT2D eigenvalue weighted by Gasteiger charge is 2.56. The molecular formula is C28H36Cl3NO7Si. The van der Waals surface area contributed by atoms with Crippen LogP contribution in [0.25, 0.3) is 0 Å². The maximum atomic E-state index is 12.8. The Balaban J connectivity index is 1.68. The van der Waals surface area contributed by atoms with Crippen molar-refractivity contribution in [2.75, 3.05) is 13.2 Å². The Morgan fingerprint density at radius 2 is 1.62 bits per heavy atom. The Morgan fingerprint density at radius 3 is 2.15 bits per heavy atom. The minimum absolute atomic E-state index is 0.190. The number of benzene rings is 2. The summed E-state index contributed by atoms with van der Waals surface area (Å²) in [5.41, 5.74) is 0. The number of ether oxygens (including phenoxy) is 4. The van der Waals surface area contributed by atoms with Crippen molar-refractivity contribution in [1.82, 2.24) is 5.32 Å². The van der Waals surface area contributed by atoms with Crippen molar-refractivity contribution in [1.29, 1.82) is 0 Å². The van der Waals surface area contributed by atoms with Crippen LogP contribution < -0.4 is 15.7 Å². The monoisotopic (exact) mass is 631 g/mol. The Morgan fingerprint density at radius 1 is 1.07 bits per heavy atom. The van der Waals surface area contributed by atoms with Gasteiger partial charge in [0.2, 0.25) is 3.79 Å². The fourth-order valence-corrected chi connectivity index (χ4v) is 9.50. The molecule has 1 amide bonds. The minimum atomic E-state index is -3.43. The molecule has 220 valence electrons. The topological polar surface area (TPSA) is 106 Å². The van der Waals surface area contributed by atoms with E-state index in [1.54, 1.807) is 13.8 Å². The Bertz CT molecular complexity index is 1110. The van der Waals surface area contributed by atoms with Crippen LogP contribution in [0.3, 0.4) is 0 Å².